The maximum atomic E-state index is 12.7. The lowest BCUT2D eigenvalue weighted by Gasteiger charge is -2.11. The third kappa shape index (κ3) is 5.24. The topological polar surface area (TPSA) is 101 Å². The zero-order valence-electron chi connectivity index (χ0n) is 11.1. The molecule has 0 saturated carbocycles. The molecule has 1 atom stereocenters. The van der Waals surface area contributed by atoms with Crippen molar-refractivity contribution in [2.45, 2.75) is 24.3 Å². The number of benzene rings is 1. The highest BCUT2D eigenvalue weighted by Gasteiger charge is 2.14. The Labute approximate surface area is 117 Å². The summed E-state index contributed by atoms with van der Waals surface area (Å²) in [7, 11) is -3.73. The number of nitrogens with one attached hydrogen (secondary N) is 2. The number of halogens is 1. The predicted molar refractivity (Wildman–Crippen MR) is 72.9 cm³/mol. The molecule has 1 rings (SSSR count). The van der Waals surface area contributed by atoms with Gasteiger partial charge in [0.15, 0.2) is 0 Å². The maximum absolute atomic E-state index is 12.7. The predicted octanol–water partition coefficient (Wildman–Crippen LogP) is -0.0425. The molecule has 20 heavy (non-hydrogen) atoms. The Morgan fingerprint density at radius 2 is 1.95 bits per heavy atom. The molecule has 0 saturated heterocycles. The second kappa shape index (κ2) is 7.32. The number of amides is 1. The van der Waals surface area contributed by atoms with E-state index in [0.29, 0.717) is 6.54 Å². The molecule has 0 heterocycles. The van der Waals surface area contributed by atoms with Crippen LogP contribution in [-0.4, -0.2) is 33.5 Å². The Hall–Kier alpha value is -1.51. The average molecular weight is 303 g/mol. The van der Waals surface area contributed by atoms with E-state index in [1.807, 2.05) is 0 Å². The molecule has 6 nitrogen and oxygen atoms in total. The van der Waals surface area contributed by atoms with Crippen molar-refractivity contribution in [2.75, 3.05) is 13.1 Å². The van der Waals surface area contributed by atoms with Gasteiger partial charge in [-0.15, -0.1) is 0 Å². The van der Waals surface area contributed by atoms with Crippen molar-refractivity contribution in [3.05, 3.63) is 30.1 Å². The van der Waals surface area contributed by atoms with Gasteiger partial charge in [-0.2, -0.15) is 0 Å². The van der Waals surface area contributed by atoms with Crippen molar-refractivity contribution in [1.29, 1.82) is 0 Å². The number of carbonyl (C=O) groups excluding carboxylic acids is 1. The van der Waals surface area contributed by atoms with Crippen LogP contribution >= 0.6 is 0 Å². The summed E-state index contributed by atoms with van der Waals surface area (Å²) in [5, 5.41) is 2.61. The van der Waals surface area contributed by atoms with Crippen molar-refractivity contribution < 1.29 is 17.6 Å². The fourth-order valence-electron chi connectivity index (χ4n) is 1.40. The smallest absolute Gasteiger partial charge is 0.240 e. The van der Waals surface area contributed by atoms with Crippen molar-refractivity contribution in [3.63, 3.8) is 0 Å². The first-order valence-electron chi connectivity index (χ1n) is 6.10. The van der Waals surface area contributed by atoms with E-state index in [9.17, 15) is 17.6 Å². The van der Waals surface area contributed by atoms with Crippen LogP contribution in [0.25, 0.3) is 0 Å². The molecular formula is C12H18FN3O3S. The van der Waals surface area contributed by atoms with Crippen LogP contribution in [0.5, 0.6) is 0 Å². The number of carbonyl (C=O) groups is 1. The molecule has 0 fully saturated rings. The highest BCUT2D eigenvalue weighted by atomic mass is 32.2. The Morgan fingerprint density at radius 1 is 1.35 bits per heavy atom. The highest BCUT2D eigenvalue weighted by molar-refractivity contribution is 7.89. The van der Waals surface area contributed by atoms with Gasteiger partial charge in [0.05, 0.1) is 4.90 Å². The minimum atomic E-state index is -3.73. The summed E-state index contributed by atoms with van der Waals surface area (Å²) >= 11 is 0. The van der Waals surface area contributed by atoms with Crippen LogP contribution in [0.3, 0.4) is 0 Å². The number of sulfonamides is 1. The summed E-state index contributed by atoms with van der Waals surface area (Å²) in [6.45, 7) is 2.02. The van der Waals surface area contributed by atoms with Gasteiger partial charge in [-0.25, -0.2) is 17.5 Å². The summed E-state index contributed by atoms with van der Waals surface area (Å²) < 4.78 is 38.6. The summed E-state index contributed by atoms with van der Waals surface area (Å²) in [4.78, 5) is 11.4. The van der Waals surface area contributed by atoms with E-state index in [2.05, 4.69) is 10.0 Å². The highest BCUT2D eigenvalue weighted by Crippen LogP contribution is 2.09. The minimum Gasteiger partial charge on any atom is -0.352 e. The molecular weight excluding hydrogens is 285 g/mol. The SMILES string of the molecule is C[C@@H](CN)NC(=O)CCNS(=O)(=O)c1ccc(F)cc1. The third-order valence-electron chi connectivity index (χ3n) is 2.53. The van der Waals surface area contributed by atoms with Crippen LogP contribution in [0.15, 0.2) is 29.2 Å². The first kappa shape index (κ1) is 16.5. The molecule has 0 bridgehead atoms. The quantitative estimate of drug-likeness (QED) is 0.657. The van der Waals surface area contributed by atoms with Crippen molar-refractivity contribution in [2.24, 2.45) is 5.73 Å². The van der Waals surface area contributed by atoms with E-state index in [4.69, 9.17) is 5.73 Å². The molecule has 8 heteroatoms. The van der Waals surface area contributed by atoms with Gasteiger partial charge in [0.25, 0.3) is 0 Å². The summed E-state index contributed by atoms with van der Waals surface area (Å²) in [5.74, 6) is -0.802. The molecule has 0 spiro atoms. The molecule has 0 aliphatic rings. The molecule has 0 aliphatic heterocycles. The first-order chi connectivity index (χ1) is 9.35. The van der Waals surface area contributed by atoms with E-state index in [-0.39, 0.29) is 29.8 Å². The Morgan fingerprint density at radius 3 is 2.50 bits per heavy atom. The Balaban J connectivity index is 2.48. The second-order valence-corrected chi connectivity index (χ2v) is 6.07. The van der Waals surface area contributed by atoms with Crippen molar-refractivity contribution >= 4 is 15.9 Å². The lowest BCUT2D eigenvalue weighted by Crippen LogP contribution is -2.39. The van der Waals surface area contributed by atoms with Gasteiger partial charge >= 0.3 is 0 Å². The largest absolute Gasteiger partial charge is 0.352 e. The van der Waals surface area contributed by atoms with Crippen molar-refractivity contribution in [1.82, 2.24) is 10.0 Å². The van der Waals surface area contributed by atoms with E-state index in [0.717, 1.165) is 24.3 Å². The molecule has 0 unspecified atom stereocenters. The maximum Gasteiger partial charge on any atom is 0.240 e. The monoisotopic (exact) mass is 303 g/mol. The van der Waals surface area contributed by atoms with Crippen LogP contribution in [0, 0.1) is 5.82 Å². The summed E-state index contributed by atoms with van der Waals surface area (Å²) in [6.07, 6.45) is 0.00473. The third-order valence-corrected chi connectivity index (χ3v) is 4.01. The molecule has 1 aromatic rings. The van der Waals surface area contributed by atoms with Gasteiger partial charge < -0.3 is 11.1 Å². The number of nitrogens with two attached hydrogens (primary N) is 1. The molecule has 0 aliphatic carbocycles. The van der Waals surface area contributed by atoms with E-state index in [1.165, 1.54) is 0 Å². The zero-order chi connectivity index (χ0) is 15.2. The molecule has 0 aromatic heterocycles. The Bertz CT molecular complexity index is 546. The molecule has 4 N–H and O–H groups in total. The molecule has 112 valence electrons. The summed E-state index contributed by atoms with van der Waals surface area (Å²) in [6, 6.07) is 4.29. The van der Waals surface area contributed by atoms with E-state index < -0.39 is 15.8 Å². The Kier molecular flexibility index (Phi) is 6.05. The number of rotatable bonds is 7. The standard InChI is InChI=1S/C12H18FN3O3S/c1-9(8-14)16-12(17)6-7-15-20(18,19)11-4-2-10(13)3-5-11/h2-5,9,15H,6-8,14H2,1H3,(H,16,17)/t9-/m0/s1. The fourth-order valence-corrected chi connectivity index (χ4v) is 2.43. The first-order valence-corrected chi connectivity index (χ1v) is 7.58. The van der Waals surface area contributed by atoms with Gasteiger partial charge in [0.1, 0.15) is 5.82 Å². The van der Waals surface area contributed by atoms with Gasteiger partial charge in [-0.1, -0.05) is 0 Å². The zero-order valence-corrected chi connectivity index (χ0v) is 11.9. The lowest BCUT2D eigenvalue weighted by atomic mass is 10.3. The van der Waals surface area contributed by atoms with Crippen LogP contribution in [-0.2, 0) is 14.8 Å². The number of hydrogen-bond donors (Lipinski definition) is 3. The van der Waals surface area contributed by atoms with Gasteiger partial charge in [-0.3, -0.25) is 4.79 Å². The minimum absolute atomic E-state index is 0.00473. The lowest BCUT2D eigenvalue weighted by molar-refractivity contribution is -0.121. The van der Waals surface area contributed by atoms with Crippen LogP contribution in [0.2, 0.25) is 0 Å². The second-order valence-electron chi connectivity index (χ2n) is 4.31. The molecule has 1 amide bonds. The van der Waals surface area contributed by atoms with Gasteiger partial charge in [-0.05, 0) is 31.2 Å². The number of hydrogen-bond acceptors (Lipinski definition) is 4. The van der Waals surface area contributed by atoms with E-state index in [1.54, 1.807) is 6.92 Å². The van der Waals surface area contributed by atoms with E-state index >= 15 is 0 Å². The van der Waals surface area contributed by atoms with Crippen LogP contribution in [0.1, 0.15) is 13.3 Å². The van der Waals surface area contributed by atoms with Crippen LogP contribution in [0.4, 0.5) is 4.39 Å². The summed E-state index contributed by atoms with van der Waals surface area (Å²) in [5.41, 5.74) is 5.35. The normalized spacial score (nSPS) is 12.9. The van der Waals surface area contributed by atoms with Crippen molar-refractivity contribution in [3.8, 4) is 0 Å². The molecule has 1 aromatic carbocycles. The van der Waals surface area contributed by atoms with Crippen LogP contribution < -0.4 is 15.8 Å². The molecule has 0 radical (unpaired) electrons. The fraction of sp³-hybridized carbons (Fsp3) is 0.417. The van der Waals surface area contributed by atoms with Gasteiger partial charge in [0, 0.05) is 25.6 Å². The average Bonchev–Trinajstić information content (AvgIpc) is 2.38. The van der Waals surface area contributed by atoms with Gasteiger partial charge in [0.2, 0.25) is 15.9 Å².